The van der Waals surface area contributed by atoms with Crippen LogP contribution in [0.25, 0.3) is 5.69 Å². The number of imidazole rings is 1. The van der Waals surface area contributed by atoms with Gasteiger partial charge < -0.3 is 4.57 Å². The summed E-state index contributed by atoms with van der Waals surface area (Å²) in [5.74, 6) is 0.891. The average Bonchev–Trinajstić information content (AvgIpc) is 2.57. The Morgan fingerprint density at radius 2 is 2.00 bits per heavy atom. The maximum atomic E-state index is 10.9. The van der Waals surface area contributed by atoms with Crippen LogP contribution in [0.2, 0.25) is 0 Å². The van der Waals surface area contributed by atoms with Gasteiger partial charge in [0.1, 0.15) is 5.82 Å². The maximum Gasteiger partial charge on any atom is 0.152 e. The van der Waals surface area contributed by atoms with E-state index in [2.05, 4.69) is 4.98 Å². The van der Waals surface area contributed by atoms with Gasteiger partial charge in [-0.3, -0.25) is 4.79 Å². The van der Waals surface area contributed by atoms with E-state index in [0.29, 0.717) is 5.56 Å². The molecule has 0 amide bonds. The molecule has 0 aliphatic rings. The molecule has 0 spiro atoms. The number of hydrogen-bond acceptors (Lipinski definition) is 2. The van der Waals surface area contributed by atoms with Gasteiger partial charge in [-0.25, -0.2) is 4.98 Å². The molecule has 15 heavy (non-hydrogen) atoms. The normalized spacial score (nSPS) is 10.3. The second-order valence-corrected chi connectivity index (χ2v) is 3.48. The molecule has 1 aromatic carbocycles. The fourth-order valence-corrected chi connectivity index (χ4v) is 1.67. The van der Waals surface area contributed by atoms with E-state index in [9.17, 15) is 4.79 Å². The van der Waals surface area contributed by atoms with E-state index in [1.54, 1.807) is 6.07 Å². The third-order valence-electron chi connectivity index (χ3n) is 2.33. The summed E-state index contributed by atoms with van der Waals surface area (Å²) < 4.78 is 1.93. The highest BCUT2D eigenvalue weighted by Gasteiger charge is 2.06. The molecule has 2 rings (SSSR count). The smallest absolute Gasteiger partial charge is 0.152 e. The summed E-state index contributed by atoms with van der Waals surface area (Å²) >= 11 is 0. The highest BCUT2D eigenvalue weighted by molar-refractivity contribution is 5.80. The summed E-state index contributed by atoms with van der Waals surface area (Å²) in [6.45, 7) is 3.86. The van der Waals surface area contributed by atoms with Gasteiger partial charge in [-0.1, -0.05) is 12.1 Å². The van der Waals surface area contributed by atoms with E-state index in [4.69, 9.17) is 0 Å². The van der Waals surface area contributed by atoms with Crippen molar-refractivity contribution in [2.75, 3.05) is 0 Å². The van der Waals surface area contributed by atoms with Crippen LogP contribution in [-0.2, 0) is 0 Å². The minimum atomic E-state index is 0.679. The van der Waals surface area contributed by atoms with E-state index < -0.39 is 0 Å². The molecule has 0 unspecified atom stereocenters. The third-order valence-corrected chi connectivity index (χ3v) is 2.33. The van der Waals surface area contributed by atoms with Gasteiger partial charge in [-0.15, -0.1) is 0 Å². The zero-order chi connectivity index (χ0) is 10.8. The minimum Gasteiger partial charge on any atom is -0.303 e. The van der Waals surface area contributed by atoms with Crippen molar-refractivity contribution in [2.45, 2.75) is 13.8 Å². The fraction of sp³-hybridized carbons (Fsp3) is 0.167. The summed E-state index contributed by atoms with van der Waals surface area (Å²) in [6.07, 6.45) is 2.79. The summed E-state index contributed by atoms with van der Waals surface area (Å²) in [4.78, 5) is 15.2. The number of aldehydes is 1. The number of aromatic nitrogens is 2. The lowest BCUT2D eigenvalue weighted by molar-refractivity contribution is 0.112. The number of rotatable bonds is 2. The van der Waals surface area contributed by atoms with E-state index in [1.165, 1.54) is 0 Å². The van der Waals surface area contributed by atoms with E-state index in [0.717, 1.165) is 23.5 Å². The van der Waals surface area contributed by atoms with Gasteiger partial charge in [-0.05, 0) is 26.0 Å². The van der Waals surface area contributed by atoms with Gasteiger partial charge in [0.05, 0.1) is 11.4 Å². The number of carbonyl (C=O) groups excluding carboxylic acids is 1. The van der Waals surface area contributed by atoms with Crippen LogP contribution >= 0.6 is 0 Å². The van der Waals surface area contributed by atoms with Gasteiger partial charge in [0, 0.05) is 11.8 Å². The van der Waals surface area contributed by atoms with Crippen molar-refractivity contribution in [3.05, 3.63) is 47.5 Å². The van der Waals surface area contributed by atoms with Crippen LogP contribution in [0.4, 0.5) is 0 Å². The van der Waals surface area contributed by atoms with Crippen molar-refractivity contribution in [1.29, 1.82) is 0 Å². The van der Waals surface area contributed by atoms with Crippen molar-refractivity contribution in [2.24, 2.45) is 0 Å². The molecule has 0 atom stereocenters. The van der Waals surface area contributed by atoms with Crippen molar-refractivity contribution < 1.29 is 4.79 Å². The molecule has 2 aromatic rings. The maximum absolute atomic E-state index is 10.9. The first kappa shape index (κ1) is 9.65. The molecular formula is C12H12N2O. The lowest BCUT2D eigenvalue weighted by Gasteiger charge is -2.06. The Morgan fingerprint density at radius 1 is 1.27 bits per heavy atom. The Hall–Kier alpha value is -1.90. The van der Waals surface area contributed by atoms with Crippen LogP contribution in [0.3, 0.4) is 0 Å². The van der Waals surface area contributed by atoms with Crippen LogP contribution < -0.4 is 0 Å². The second-order valence-electron chi connectivity index (χ2n) is 3.48. The number of benzene rings is 1. The highest BCUT2D eigenvalue weighted by atomic mass is 16.1. The van der Waals surface area contributed by atoms with Crippen LogP contribution in [0.15, 0.2) is 30.5 Å². The molecule has 0 fully saturated rings. The van der Waals surface area contributed by atoms with Gasteiger partial charge >= 0.3 is 0 Å². The zero-order valence-corrected chi connectivity index (χ0v) is 8.77. The lowest BCUT2D eigenvalue weighted by atomic mass is 10.2. The van der Waals surface area contributed by atoms with Crippen LogP contribution in [0.5, 0.6) is 0 Å². The van der Waals surface area contributed by atoms with Crippen molar-refractivity contribution in [1.82, 2.24) is 9.55 Å². The van der Waals surface area contributed by atoms with Gasteiger partial charge in [0.15, 0.2) is 6.29 Å². The number of carbonyl (C=O) groups is 1. The predicted octanol–water partition coefficient (Wildman–Crippen LogP) is 2.30. The molecule has 1 heterocycles. The molecule has 76 valence electrons. The highest BCUT2D eigenvalue weighted by Crippen LogP contribution is 2.15. The van der Waals surface area contributed by atoms with Crippen LogP contribution in [0, 0.1) is 13.8 Å². The third kappa shape index (κ3) is 1.68. The lowest BCUT2D eigenvalue weighted by Crippen LogP contribution is -1.99. The first-order valence-electron chi connectivity index (χ1n) is 4.79. The second kappa shape index (κ2) is 3.69. The predicted molar refractivity (Wildman–Crippen MR) is 58.4 cm³/mol. The molecule has 0 radical (unpaired) electrons. The molecule has 0 saturated heterocycles. The van der Waals surface area contributed by atoms with E-state index in [1.807, 2.05) is 42.8 Å². The van der Waals surface area contributed by atoms with E-state index >= 15 is 0 Å². The summed E-state index contributed by atoms with van der Waals surface area (Å²) in [7, 11) is 0. The molecule has 0 bridgehead atoms. The average molecular weight is 200 g/mol. The molecular weight excluding hydrogens is 188 g/mol. The van der Waals surface area contributed by atoms with E-state index in [-0.39, 0.29) is 0 Å². The Balaban J connectivity index is 2.63. The Kier molecular flexibility index (Phi) is 2.37. The Labute approximate surface area is 88.4 Å². The van der Waals surface area contributed by atoms with Crippen LogP contribution in [-0.4, -0.2) is 15.8 Å². The Bertz CT molecular complexity index is 500. The molecule has 1 aromatic heterocycles. The van der Waals surface area contributed by atoms with Crippen molar-refractivity contribution >= 4 is 6.29 Å². The first-order chi connectivity index (χ1) is 7.22. The summed E-state index contributed by atoms with van der Waals surface area (Å²) in [5.41, 5.74) is 2.51. The first-order valence-corrected chi connectivity index (χ1v) is 4.79. The topological polar surface area (TPSA) is 34.9 Å². The minimum absolute atomic E-state index is 0.679. The Morgan fingerprint density at radius 3 is 2.60 bits per heavy atom. The number of hydrogen-bond donors (Lipinski definition) is 0. The fourth-order valence-electron chi connectivity index (χ4n) is 1.67. The monoisotopic (exact) mass is 200 g/mol. The van der Waals surface area contributed by atoms with Crippen molar-refractivity contribution in [3.8, 4) is 5.69 Å². The molecule has 0 N–H and O–H groups in total. The van der Waals surface area contributed by atoms with Gasteiger partial charge in [-0.2, -0.15) is 0 Å². The van der Waals surface area contributed by atoms with Gasteiger partial charge in [0.25, 0.3) is 0 Å². The SMILES string of the molecule is Cc1cn(-c2ccccc2C=O)c(C)n1. The molecule has 3 nitrogen and oxygen atoms in total. The summed E-state index contributed by atoms with van der Waals surface area (Å²) in [5, 5.41) is 0. The zero-order valence-electron chi connectivity index (χ0n) is 8.77. The number of nitrogens with zero attached hydrogens (tertiary/aromatic N) is 2. The van der Waals surface area contributed by atoms with Gasteiger partial charge in [0.2, 0.25) is 0 Å². The number of para-hydroxylation sites is 1. The summed E-state index contributed by atoms with van der Waals surface area (Å²) in [6, 6.07) is 7.48. The standard InChI is InChI=1S/C12H12N2O/c1-9-7-14(10(2)13-9)12-6-4-3-5-11(12)8-15/h3-8H,1-2H3. The quantitative estimate of drug-likeness (QED) is 0.697. The van der Waals surface area contributed by atoms with Crippen LogP contribution in [0.1, 0.15) is 21.9 Å². The molecule has 0 aliphatic heterocycles. The number of aryl methyl sites for hydroxylation is 2. The molecule has 0 aliphatic carbocycles. The largest absolute Gasteiger partial charge is 0.303 e. The molecule has 3 heteroatoms. The molecule has 0 saturated carbocycles. The van der Waals surface area contributed by atoms with Crippen molar-refractivity contribution in [3.63, 3.8) is 0 Å².